The molecule has 1 aliphatic heterocycles. The molecule has 1 atom stereocenters. The van der Waals surface area contributed by atoms with Gasteiger partial charge in [-0.1, -0.05) is 17.7 Å². The monoisotopic (exact) mass is 336 g/mol. The van der Waals surface area contributed by atoms with Crippen molar-refractivity contribution in [3.05, 3.63) is 51.7 Å². The summed E-state index contributed by atoms with van der Waals surface area (Å²) >= 11 is 7.21. The Morgan fingerprint density at radius 3 is 2.82 bits per heavy atom. The molecule has 2 aromatic rings. The Balaban J connectivity index is 1.58. The highest BCUT2D eigenvalue weighted by molar-refractivity contribution is 7.12. The number of amides is 2. The zero-order valence-corrected chi connectivity index (χ0v) is 13.1. The Labute approximate surface area is 136 Å². The predicted molar refractivity (Wildman–Crippen MR) is 85.7 cm³/mol. The first-order valence-electron chi connectivity index (χ1n) is 6.69. The zero-order chi connectivity index (χ0) is 15.5. The predicted octanol–water partition coefficient (Wildman–Crippen LogP) is 3.16. The summed E-state index contributed by atoms with van der Waals surface area (Å²) in [6, 6.07) is 10.5. The van der Waals surface area contributed by atoms with Crippen molar-refractivity contribution < 1.29 is 14.3 Å². The van der Waals surface area contributed by atoms with Gasteiger partial charge >= 0.3 is 6.09 Å². The lowest BCUT2D eigenvalue weighted by molar-refractivity contribution is 0.0920. The Kier molecular flexibility index (Phi) is 4.31. The highest BCUT2D eigenvalue weighted by Gasteiger charge is 2.32. The number of hydrogen-bond acceptors (Lipinski definition) is 4. The van der Waals surface area contributed by atoms with Crippen LogP contribution in [0.2, 0.25) is 5.02 Å². The molecule has 1 fully saturated rings. The second-order valence-corrected chi connectivity index (χ2v) is 6.16. The summed E-state index contributed by atoms with van der Waals surface area (Å²) in [4.78, 5) is 25.9. The van der Waals surface area contributed by atoms with Gasteiger partial charge in [0.15, 0.2) is 0 Å². The van der Waals surface area contributed by atoms with E-state index in [0.29, 0.717) is 16.4 Å². The maximum absolute atomic E-state index is 11.9. The zero-order valence-electron chi connectivity index (χ0n) is 11.5. The van der Waals surface area contributed by atoms with E-state index >= 15 is 0 Å². The third kappa shape index (κ3) is 3.23. The van der Waals surface area contributed by atoms with Gasteiger partial charge in [-0.2, -0.15) is 0 Å². The van der Waals surface area contributed by atoms with Crippen LogP contribution in [0.1, 0.15) is 9.67 Å². The molecule has 0 spiro atoms. The lowest BCUT2D eigenvalue weighted by atomic mass is 10.2. The third-order valence-electron chi connectivity index (χ3n) is 3.25. The molecule has 114 valence electrons. The fraction of sp³-hybridized carbons (Fsp3) is 0.200. The number of hydrogen-bond donors (Lipinski definition) is 1. The minimum atomic E-state index is -0.419. The molecule has 1 N–H and O–H groups in total. The number of anilines is 1. The number of cyclic esters (lactones) is 1. The van der Waals surface area contributed by atoms with Crippen molar-refractivity contribution in [1.82, 2.24) is 5.32 Å². The van der Waals surface area contributed by atoms with Crippen LogP contribution in [0.15, 0.2) is 41.8 Å². The number of thiophene rings is 1. The van der Waals surface area contributed by atoms with E-state index < -0.39 is 6.09 Å². The van der Waals surface area contributed by atoms with Crippen molar-refractivity contribution in [3.8, 4) is 0 Å². The van der Waals surface area contributed by atoms with Crippen molar-refractivity contribution in [3.63, 3.8) is 0 Å². The first-order valence-corrected chi connectivity index (χ1v) is 7.94. The van der Waals surface area contributed by atoms with Crippen LogP contribution in [0.3, 0.4) is 0 Å². The van der Waals surface area contributed by atoms with Crippen LogP contribution in [0, 0.1) is 0 Å². The number of nitrogens with zero attached hydrogens (tertiary/aromatic N) is 1. The van der Waals surface area contributed by atoms with Gasteiger partial charge in [0.1, 0.15) is 6.10 Å². The SMILES string of the molecule is O=C(NCC1CN(c2ccc(Cl)cc2)C(=O)O1)c1cccs1. The molecule has 7 heteroatoms. The second-order valence-electron chi connectivity index (χ2n) is 4.78. The maximum Gasteiger partial charge on any atom is 0.414 e. The average molecular weight is 337 g/mol. The van der Waals surface area contributed by atoms with E-state index in [1.807, 2.05) is 11.4 Å². The number of ether oxygens (including phenoxy) is 1. The van der Waals surface area contributed by atoms with Crippen LogP contribution in [0.5, 0.6) is 0 Å². The van der Waals surface area contributed by atoms with Crippen molar-refractivity contribution in [2.45, 2.75) is 6.10 Å². The molecule has 1 saturated heterocycles. The van der Waals surface area contributed by atoms with Crippen molar-refractivity contribution in [1.29, 1.82) is 0 Å². The lowest BCUT2D eigenvalue weighted by Gasteiger charge is -2.13. The van der Waals surface area contributed by atoms with Gasteiger partial charge in [0.25, 0.3) is 5.91 Å². The summed E-state index contributed by atoms with van der Waals surface area (Å²) in [5, 5.41) is 5.22. The maximum atomic E-state index is 11.9. The summed E-state index contributed by atoms with van der Waals surface area (Å²) in [7, 11) is 0. The lowest BCUT2D eigenvalue weighted by Crippen LogP contribution is -2.34. The minimum Gasteiger partial charge on any atom is -0.442 e. The Hall–Kier alpha value is -2.05. The molecule has 1 aromatic carbocycles. The summed E-state index contributed by atoms with van der Waals surface area (Å²) in [5.41, 5.74) is 0.724. The molecule has 0 radical (unpaired) electrons. The fourth-order valence-corrected chi connectivity index (χ4v) is 2.93. The number of benzene rings is 1. The number of carbonyl (C=O) groups is 2. The van der Waals surface area contributed by atoms with E-state index in [4.69, 9.17) is 16.3 Å². The molecule has 1 unspecified atom stereocenters. The quantitative estimate of drug-likeness (QED) is 0.933. The van der Waals surface area contributed by atoms with Crippen LogP contribution in [-0.4, -0.2) is 31.2 Å². The Morgan fingerprint density at radius 1 is 1.36 bits per heavy atom. The molecular weight excluding hydrogens is 324 g/mol. The molecule has 2 heterocycles. The number of nitrogens with one attached hydrogen (secondary N) is 1. The molecule has 2 amide bonds. The van der Waals surface area contributed by atoms with Crippen LogP contribution in [0.4, 0.5) is 10.5 Å². The number of carbonyl (C=O) groups excluding carboxylic acids is 2. The molecule has 5 nitrogen and oxygen atoms in total. The van der Waals surface area contributed by atoms with Crippen LogP contribution < -0.4 is 10.2 Å². The van der Waals surface area contributed by atoms with Crippen molar-refractivity contribution in [2.75, 3.05) is 18.0 Å². The van der Waals surface area contributed by atoms with Gasteiger partial charge in [-0.05, 0) is 35.7 Å². The molecule has 22 heavy (non-hydrogen) atoms. The molecule has 1 aliphatic rings. The van der Waals surface area contributed by atoms with Crippen molar-refractivity contribution >= 4 is 40.6 Å². The normalized spacial score (nSPS) is 17.4. The Bertz CT molecular complexity index is 673. The van der Waals surface area contributed by atoms with E-state index in [1.54, 1.807) is 30.3 Å². The summed E-state index contributed by atoms with van der Waals surface area (Å²) < 4.78 is 5.27. The number of halogens is 1. The van der Waals surface area contributed by atoms with Crippen LogP contribution >= 0.6 is 22.9 Å². The first-order chi connectivity index (χ1) is 10.6. The van der Waals surface area contributed by atoms with E-state index in [-0.39, 0.29) is 18.6 Å². The summed E-state index contributed by atoms with van der Waals surface area (Å²) in [6.07, 6.45) is -0.787. The average Bonchev–Trinajstić information content (AvgIpc) is 3.15. The van der Waals surface area contributed by atoms with E-state index in [1.165, 1.54) is 16.2 Å². The van der Waals surface area contributed by atoms with E-state index in [2.05, 4.69) is 5.32 Å². The molecule has 1 aromatic heterocycles. The van der Waals surface area contributed by atoms with E-state index in [9.17, 15) is 9.59 Å². The van der Waals surface area contributed by atoms with Gasteiger partial charge in [0.2, 0.25) is 0 Å². The van der Waals surface area contributed by atoms with Gasteiger partial charge in [-0.25, -0.2) is 4.79 Å². The standard InChI is InChI=1S/C15H13ClN2O3S/c16-10-3-5-11(6-4-10)18-9-12(21-15(18)20)8-17-14(19)13-2-1-7-22-13/h1-7,12H,8-9H2,(H,17,19). The molecular formula is C15H13ClN2O3S. The fourth-order valence-electron chi connectivity index (χ4n) is 2.16. The van der Waals surface area contributed by atoms with Crippen LogP contribution in [-0.2, 0) is 4.74 Å². The Morgan fingerprint density at radius 2 is 2.14 bits per heavy atom. The smallest absolute Gasteiger partial charge is 0.414 e. The third-order valence-corrected chi connectivity index (χ3v) is 4.37. The highest BCUT2D eigenvalue weighted by atomic mass is 35.5. The molecule has 0 saturated carbocycles. The van der Waals surface area contributed by atoms with Crippen molar-refractivity contribution in [2.24, 2.45) is 0 Å². The van der Waals surface area contributed by atoms with E-state index in [0.717, 1.165) is 5.69 Å². The van der Waals surface area contributed by atoms with Crippen LogP contribution in [0.25, 0.3) is 0 Å². The van der Waals surface area contributed by atoms with Gasteiger partial charge < -0.3 is 10.1 Å². The van der Waals surface area contributed by atoms with Gasteiger partial charge in [-0.15, -0.1) is 11.3 Å². The summed E-state index contributed by atoms with van der Waals surface area (Å²) in [6.45, 7) is 0.678. The highest BCUT2D eigenvalue weighted by Crippen LogP contribution is 2.23. The van der Waals surface area contributed by atoms with Gasteiger partial charge in [0.05, 0.1) is 18.0 Å². The molecule has 3 rings (SSSR count). The largest absolute Gasteiger partial charge is 0.442 e. The second kappa shape index (κ2) is 6.37. The first kappa shape index (κ1) is 14.9. The molecule has 0 aliphatic carbocycles. The topological polar surface area (TPSA) is 58.6 Å². The van der Waals surface area contributed by atoms with Gasteiger partial charge in [0, 0.05) is 10.7 Å². The number of rotatable bonds is 4. The summed E-state index contributed by atoms with van der Waals surface area (Å²) in [5.74, 6) is -0.156. The molecule has 0 bridgehead atoms. The minimum absolute atomic E-state index is 0.156. The van der Waals surface area contributed by atoms with Gasteiger partial charge in [-0.3, -0.25) is 9.69 Å².